The van der Waals surface area contributed by atoms with Crippen LogP contribution in [0.4, 0.5) is 0 Å². The maximum absolute atomic E-state index is 6.48. The molecule has 1 aliphatic carbocycles. The van der Waals surface area contributed by atoms with E-state index >= 15 is 0 Å². The Kier molecular flexibility index (Phi) is 5.06. The highest BCUT2D eigenvalue weighted by Gasteiger charge is 2.42. The molecule has 3 heterocycles. The number of nitrogens with zero attached hydrogens (tertiary/aromatic N) is 5. The number of rotatable bonds is 5. The maximum atomic E-state index is 6.48. The van der Waals surface area contributed by atoms with Gasteiger partial charge in [0, 0.05) is 22.0 Å². The van der Waals surface area contributed by atoms with E-state index in [1.54, 1.807) is 11.9 Å². The summed E-state index contributed by atoms with van der Waals surface area (Å²) in [7, 11) is 0. The third kappa shape index (κ3) is 3.64. The topological polar surface area (TPSA) is 74.0 Å². The van der Waals surface area contributed by atoms with Gasteiger partial charge in [-0.3, -0.25) is 8.37 Å². The molecule has 0 unspecified atom stereocenters. The lowest BCUT2D eigenvalue weighted by atomic mass is 9.65. The summed E-state index contributed by atoms with van der Waals surface area (Å²) in [5, 5.41) is 9.24. The summed E-state index contributed by atoms with van der Waals surface area (Å²) in [4.78, 5) is 5.92. The molecule has 4 aromatic rings. The van der Waals surface area contributed by atoms with Crippen molar-refractivity contribution in [2.45, 2.75) is 75.1 Å². The Morgan fingerprint density at radius 1 is 1.06 bits per heavy atom. The summed E-state index contributed by atoms with van der Waals surface area (Å²) in [6.45, 7) is 6.54. The first kappa shape index (κ1) is 20.5. The molecule has 0 radical (unpaired) electrons. The van der Waals surface area contributed by atoms with Crippen molar-refractivity contribution in [2.75, 3.05) is 0 Å². The van der Waals surface area contributed by atoms with Crippen LogP contribution in [0.15, 0.2) is 47.6 Å². The first-order valence-corrected chi connectivity index (χ1v) is 11.9. The van der Waals surface area contributed by atoms with Gasteiger partial charge in [0.25, 0.3) is 0 Å². The average Bonchev–Trinajstić information content (AvgIpc) is 3.36. The molecular formula is C24H30N6S. The molecule has 7 heteroatoms. The molecule has 0 spiro atoms. The Morgan fingerprint density at radius 2 is 1.81 bits per heavy atom. The Balaban J connectivity index is 1.60. The third-order valence-corrected chi connectivity index (χ3v) is 7.79. The summed E-state index contributed by atoms with van der Waals surface area (Å²) in [6, 6.07) is 10.7. The van der Waals surface area contributed by atoms with E-state index in [0.29, 0.717) is 0 Å². The fraction of sp³-hybridized carbons (Fsp3) is 0.458. The molecule has 31 heavy (non-hydrogen) atoms. The zero-order chi connectivity index (χ0) is 21.6. The molecule has 0 amide bonds. The molecule has 1 fully saturated rings. The summed E-state index contributed by atoms with van der Waals surface area (Å²) in [5.74, 6) is 1.07. The number of hydrogen-bond acceptors (Lipinski definition) is 5. The van der Waals surface area contributed by atoms with Crippen molar-refractivity contribution in [1.29, 1.82) is 0 Å². The van der Waals surface area contributed by atoms with E-state index in [-0.39, 0.29) is 11.0 Å². The Labute approximate surface area is 187 Å². The van der Waals surface area contributed by atoms with Crippen molar-refractivity contribution in [3.63, 3.8) is 0 Å². The predicted octanol–water partition coefficient (Wildman–Crippen LogP) is 5.27. The van der Waals surface area contributed by atoms with Gasteiger partial charge in [-0.1, -0.05) is 31.0 Å². The van der Waals surface area contributed by atoms with E-state index in [2.05, 4.69) is 70.8 Å². The fourth-order valence-electron chi connectivity index (χ4n) is 4.92. The minimum atomic E-state index is -0.0807. The van der Waals surface area contributed by atoms with Crippen LogP contribution in [0.3, 0.4) is 0 Å². The van der Waals surface area contributed by atoms with Gasteiger partial charge in [-0.05, 0) is 76.1 Å². The molecule has 1 aromatic carbocycles. The Bertz CT molecular complexity index is 1210. The van der Waals surface area contributed by atoms with Crippen LogP contribution in [0.1, 0.15) is 63.8 Å². The molecule has 0 saturated heterocycles. The van der Waals surface area contributed by atoms with E-state index in [4.69, 9.17) is 15.8 Å². The van der Waals surface area contributed by atoms with Gasteiger partial charge in [0.2, 0.25) is 0 Å². The van der Waals surface area contributed by atoms with E-state index in [9.17, 15) is 0 Å². The molecule has 1 saturated carbocycles. The van der Waals surface area contributed by atoms with Crippen molar-refractivity contribution in [3.05, 3.63) is 54.1 Å². The average molecular weight is 435 g/mol. The van der Waals surface area contributed by atoms with E-state index in [0.717, 1.165) is 61.2 Å². The second-order valence-electron chi connectivity index (χ2n) is 9.41. The SMILES string of the molecule is CCCC1(c2nnc3cnc4c(ccn4Sc4ccc(C)cc4)n23)CCC(C)(N)CC1. The molecule has 3 aromatic heterocycles. The highest BCUT2D eigenvalue weighted by Crippen LogP contribution is 2.45. The first-order chi connectivity index (χ1) is 14.9. The monoisotopic (exact) mass is 434 g/mol. The molecule has 1 aliphatic rings. The van der Waals surface area contributed by atoms with Crippen LogP contribution in [-0.2, 0) is 5.41 Å². The number of hydrogen-bond donors (Lipinski definition) is 1. The molecule has 0 bridgehead atoms. The van der Waals surface area contributed by atoms with Crippen molar-refractivity contribution in [1.82, 2.24) is 23.6 Å². The van der Waals surface area contributed by atoms with Crippen LogP contribution in [0, 0.1) is 6.92 Å². The lowest BCUT2D eigenvalue weighted by molar-refractivity contribution is 0.190. The highest BCUT2D eigenvalue weighted by molar-refractivity contribution is 7.98. The van der Waals surface area contributed by atoms with E-state index in [1.807, 2.05) is 6.20 Å². The van der Waals surface area contributed by atoms with Crippen molar-refractivity contribution >= 4 is 28.8 Å². The normalized spacial score (nSPS) is 24.3. The summed E-state index contributed by atoms with van der Waals surface area (Å²) in [5.41, 5.74) is 10.5. The van der Waals surface area contributed by atoms with E-state index < -0.39 is 0 Å². The minimum Gasteiger partial charge on any atom is -0.325 e. The van der Waals surface area contributed by atoms with E-state index in [1.165, 1.54) is 10.5 Å². The van der Waals surface area contributed by atoms with Crippen LogP contribution >= 0.6 is 11.9 Å². The molecule has 162 valence electrons. The molecular weight excluding hydrogens is 404 g/mol. The van der Waals surface area contributed by atoms with Gasteiger partial charge in [0.15, 0.2) is 11.3 Å². The first-order valence-electron chi connectivity index (χ1n) is 11.2. The number of benzene rings is 1. The second kappa shape index (κ2) is 7.64. The summed E-state index contributed by atoms with van der Waals surface area (Å²) < 4.78 is 4.37. The molecule has 0 atom stereocenters. The second-order valence-corrected chi connectivity index (χ2v) is 10.5. The smallest absolute Gasteiger partial charge is 0.179 e. The van der Waals surface area contributed by atoms with Crippen molar-refractivity contribution < 1.29 is 0 Å². The maximum Gasteiger partial charge on any atom is 0.179 e. The lowest BCUT2D eigenvalue weighted by Gasteiger charge is -2.42. The zero-order valence-corrected chi connectivity index (χ0v) is 19.3. The largest absolute Gasteiger partial charge is 0.325 e. The molecule has 0 aliphatic heterocycles. The minimum absolute atomic E-state index is 0.0214. The number of aromatic nitrogens is 5. The van der Waals surface area contributed by atoms with Gasteiger partial charge in [-0.15, -0.1) is 10.2 Å². The van der Waals surface area contributed by atoms with Crippen molar-refractivity contribution in [3.8, 4) is 0 Å². The fourth-order valence-corrected chi connectivity index (χ4v) is 5.76. The molecule has 2 N–H and O–H groups in total. The van der Waals surface area contributed by atoms with Crippen LogP contribution in [-0.4, -0.2) is 29.1 Å². The molecule has 6 nitrogen and oxygen atoms in total. The quantitative estimate of drug-likeness (QED) is 0.463. The molecule has 5 rings (SSSR count). The van der Waals surface area contributed by atoms with Crippen LogP contribution in [0.5, 0.6) is 0 Å². The van der Waals surface area contributed by atoms with Crippen LogP contribution < -0.4 is 5.73 Å². The van der Waals surface area contributed by atoms with Crippen molar-refractivity contribution in [2.24, 2.45) is 5.73 Å². The third-order valence-electron chi connectivity index (χ3n) is 6.81. The van der Waals surface area contributed by atoms with Gasteiger partial charge >= 0.3 is 0 Å². The predicted molar refractivity (Wildman–Crippen MR) is 126 cm³/mol. The number of nitrogens with two attached hydrogens (primary N) is 1. The van der Waals surface area contributed by atoms with Gasteiger partial charge < -0.3 is 5.73 Å². The van der Waals surface area contributed by atoms with Gasteiger partial charge in [0.05, 0.1) is 11.7 Å². The van der Waals surface area contributed by atoms with Gasteiger partial charge in [-0.2, -0.15) is 0 Å². The van der Waals surface area contributed by atoms with Gasteiger partial charge in [-0.25, -0.2) is 4.98 Å². The standard InChI is InChI=1S/C24H30N6S/c1-4-10-24(13-11-23(3,25)12-14-24)22-28-27-20-16-26-21-19(30(20)22)9-15-29(21)31-18-7-5-17(2)6-8-18/h5-9,15-16H,4,10-14,25H2,1-3H3. The number of aryl methyl sites for hydroxylation is 1. The highest BCUT2D eigenvalue weighted by atomic mass is 32.2. The zero-order valence-electron chi connectivity index (χ0n) is 18.5. The van der Waals surface area contributed by atoms with Crippen LogP contribution in [0.25, 0.3) is 16.8 Å². The summed E-state index contributed by atoms with van der Waals surface area (Å²) >= 11 is 1.68. The Morgan fingerprint density at radius 3 is 2.52 bits per heavy atom. The lowest BCUT2D eigenvalue weighted by Crippen LogP contribution is -2.46. The number of fused-ring (bicyclic) bond motifs is 3. The van der Waals surface area contributed by atoms with Crippen LogP contribution in [0.2, 0.25) is 0 Å². The Hall–Kier alpha value is -2.38. The summed E-state index contributed by atoms with van der Waals surface area (Å²) in [6.07, 6.45) is 10.3. The van der Waals surface area contributed by atoms with Gasteiger partial charge in [0.1, 0.15) is 5.82 Å².